The molecule has 0 saturated carbocycles. The lowest BCUT2D eigenvalue weighted by Crippen LogP contribution is -2.39. The summed E-state index contributed by atoms with van der Waals surface area (Å²) in [6.45, 7) is 1.39. The van der Waals surface area contributed by atoms with Crippen LogP contribution in [0.1, 0.15) is 12.8 Å². The molecular formula is C16H19N3O2. The maximum Gasteiger partial charge on any atom is 0.308 e. The van der Waals surface area contributed by atoms with Crippen molar-refractivity contribution in [3.8, 4) is 0 Å². The normalized spacial score (nSPS) is 18.7. The van der Waals surface area contributed by atoms with Crippen molar-refractivity contribution in [1.29, 1.82) is 0 Å². The number of carboxylic acid groups (broad SMARTS) is 1. The minimum absolute atomic E-state index is 0.303. The van der Waals surface area contributed by atoms with Crippen LogP contribution in [-0.2, 0) is 4.79 Å². The number of rotatable bonds is 3. The van der Waals surface area contributed by atoms with E-state index in [-0.39, 0.29) is 5.92 Å². The van der Waals surface area contributed by atoms with E-state index < -0.39 is 5.97 Å². The van der Waals surface area contributed by atoms with Gasteiger partial charge in [-0.15, -0.1) is 0 Å². The molecule has 0 radical (unpaired) electrons. The Balaban J connectivity index is 2.02. The highest BCUT2D eigenvalue weighted by Gasteiger charge is 2.27. The van der Waals surface area contributed by atoms with Crippen LogP contribution in [0.2, 0.25) is 0 Å². The SMILES string of the molecule is CNc1cnc(N2CCCC(C(=O)O)C2)c2ccccc12. The fourth-order valence-electron chi connectivity index (χ4n) is 3.00. The standard InChI is InChI=1S/C16H19N3O2/c1-17-14-9-18-15(13-7-3-2-6-12(13)14)19-8-4-5-11(10-19)16(20)21/h2-3,6-7,9,11,17H,4-5,8,10H2,1H3,(H,20,21). The zero-order valence-electron chi connectivity index (χ0n) is 12.0. The number of aliphatic carboxylic acids is 1. The summed E-state index contributed by atoms with van der Waals surface area (Å²) < 4.78 is 0. The third-order valence-corrected chi connectivity index (χ3v) is 4.11. The topological polar surface area (TPSA) is 65.5 Å². The lowest BCUT2D eigenvalue weighted by Gasteiger charge is -2.32. The summed E-state index contributed by atoms with van der Waals surface area (Å²) in [5, 5.41) is 14.6. The summed E-state index contributed by atoms with van der Waals surface area (Å²) in [6, 6.07) is 8.10. The van der Waals surface area contributed by atoms with E-state index >= 15 is 0 Å². The molecule has 0 aliphatic carbocycles. The van der Waals surface area contributed by atoms with Gasteiger partial charge >= 0.3 is 5.97 Å². The first-order valence-corrected chi connectivity index (χ1v) is 7.24. The monoisotopic (exact) mass is 285 g/mol. The molecule has 0 bridgehead atoms. The van der Waals surface area contributed by atoms with Gasteiger partial charge in [-0.1, -0.05) is 24.3 Å². The molecule has 2 heterocycles. The molecule has 1 unspecified atom stereocenters. The van der Waals surface area contributed by atoms with E-state index in [1.165, 1.54) is 0 Å². The molecule has 1 aromatic heterocycles. The average molecular weight is 285 g/mol. The van der Waals surface area contributed by atoms with Crippen LogP contribution in [0.15, 0.2) is 30.5 Å². The smallest absolute Gasteiger partial charge is 0.308 e. The Bertz CT molecular complexity index is 672. The fraction of sp³-hybridized carbons (Fsp3) is 0.375. The summed E-state index contributed by atoms with van der Waals surface area (Å²) in [5.41, 5.74) is 0.987. The van der Waals surface area contributed by atoms with Gasteiger partial charge in [-0.05, 0) is 12.8 Å². The summed E-state index contributed by atoms with van der Waals surface area (Å²) in [5.74, 6) is -0.130. The van der Waals surface area contributed by atoms with E-state index in [2.05, 4.69) is 21.3 Å². The van der Waals surface area contributed by atoms with Crippen LogP contribution in [-0.4, -0.2) is 36.2 Å². The molecule has 110 valence electrons. The third-order valence-electron chi connectivity index (χ3n) is 4.11. The van der Waals surface area contributed by atoms with Crippen molar-refractivity contribution in [1.82, 2.24) is 4.98 Å². The molecular weight excluding hydrogens is 266 g/mol. The third kappa shape index (κ3) is 2.51. The van der Waals surface area contributed by atoms with Crippen LogP contribution in [0.25, 0.3) is 10.8 Å². The summed E-state index contributed by atoms with van der Waals surface area (Å²) in [4.78, 5) is 17.9. The lowest BCUT2D eigenvalue weighted by molar-refractivity contribution is -0.141. The number of carboxylic acids is 1. The first-order valence-electron chi connectivity index (χ1n) is 7.24. The van der Waals surface area contributed by atoms with Gasteiger partial charge in [0.1, 0.15) is 5.82 Å². The zero-order valence-corrected chi connectivity index (χ0v) is 12.0. The van der Waals surface area contributed by atoms with Crippen LogP contribution < -0.4 is 10.2 Å². The summed E-state index contributed by atoms with van der Waals surface area (Å²) >= 11 is 0. The number of nitrogens with zero attached hydrogens (tertiary/aromatic N) is 2. The van der Waals surface area contributed by atoms with Gasteiger partial charge < -0.3 is 15.3 Å². The molecule has 0 amide bonds. The van der Waals surface area contributed by atoms with Crippen LogP contribution in [0, 0.1) is 5.92 Å². The van der Waals surface area contributed by atoms with Gasteiger partial charge in [0.15, 0.2) is 0 Å². The number of nitrogens with one attached hydrogen (secondary N) is 1. The lowest BCUT2D eigenvalue weighted by atomic mass is 9.98. The Labute approximate surface area is 123 Å². The fourth-order valence-corrected chi connectivity index (χ4v) is 3.00. The van der Waals surface area contributed by atoms with Gasteiger partial charge in [0.25, 0.3) is 0 Å². The predicted molar refractivity (Wildman–Crippen MR) is 83.9 cm³/mol. The van der Waals surface area contributed by atoms with E-state index in [1.54, 1.807) is 0 Å². The molecule has 3 rings (SSSR count). The second kappa shape index (κ2) is 5.60. The van der Waals surface area contributed by atoms with Crippen molar-refractivity contribution in [2.24, 2.45) is 5.92 Å². The van der Waals surface area contributed by atoms with E-state index in [0.29, 0.717) is 6.54 Å². The van der Waals surface area contributed by atoms with Gasteiger partial charge in [0.05, 0.1) is 17.8 Å². The minimum atomic E-state index is -0.712. The highest BCUT2D eigenvalue weighted by atomic mass is 16.4. The number of aromatic nitrogens is 1. The molecule has 0 spiro atoms. The Morgan fingerprint density at radius 2 is 2.14 bits per heavy atom. The average Bonchev–Trinajstić information content (AvgIpc) is 2.54. The van der Waals surface area contributed by atoms with Crippen molar-refractivity contribution in [2.75, 3.05) is 30.4 Å². The molecule has 1 fully saturated rings. The Hall–Kier alpha value is -2.30. The number of pyridine rings is 1. The van der Waals surface area contributed by atoms with Gasteiger partial charge in [-0.25, -0.2) is 4.98 Å². The molecule has 21 heavy (non-hydrogen) atoms. The molecule has 1 saturated heterocycles. The molecule has 2 aromatic rings. The van der Waals surface area contributed by atoms with Crippen molar-refractivity contribution >= 4 is 28.2 Å². The number of anilines is 2. The van der Waals surface area contributed by atoms with Gasteiger partial charge in [-0.3, -0.25) is 4.79 Å². The number of piperidine rings is 1. The van der Waals surface area contributed by atoms with Crippen molar-refractivity contribution in [3.63, 3.8) is 0 Å². The minimum Gasteiger partial charge on any atom is -0.481 e. The Morgan fingerprint density at radius 3 is 2.86 bits per heavy atom. The number of hydrogen-bond donors (Lipinski definition) is 2. The largest absolute Gasteiger partial charge is 0.481 e. The molecule has 1 aliphatic rings. The number of benzene rings is 1. The number of carbonyl (C=O) groups is 1. The second-order valence-corrected chi connectivity index (χ2v) is 5.41. The number of fused-ring (bicyclic) bond motifs is 1. The van der Waals surface area contributed by atoms with Gasteiger partial charge in [0, 0.05) is 30.9 Å². The van der Waals surface area contributed by atoms with Crippen LogP contribution in [0.5, 0.6) is 0 Å². The van der Waals surface area contributed by atoms with Crippen LogP contribution in [0.4, 0.5) is 11.5 Å². The van der Waals surface area contributed by atoms with E-state index in [9.17, 15) is 9.90 Å². The van der Waals surface area contributed by atoms with Gasteiger partial charge in [-0.2, -0.15) is 0 Å². The molecule has 1 aliphatic heterocycles. The van der Waals surface area contributed by atoms with E-state index in [0.717, 1.165) is 41.7 Å². The molecule has 2 N–H and O–H groups in total. The maximum absolute atomic E-state index is 11.2. The first-order chi connectivity index (χ1) is 10.2. The number of hydrogen-bond acceptors (Lipinski definition) is 4. The predicted octanol–water partition coefficient (Wildman–Crippen LogP) is 2.58. The summed E-state index contributed by atoms with van der Waals surface area (Å²) in [6.07, 6.45) is 3.46. The highest BCUT2D eigenvalue weighted by molar-refractivity contribution is 6.00. The van der Waals surface area contributed by atoms with E-state index in [4.69, 9.17) is 0 Å². The second-order valence-electron chi connectivity index (χ2n) is 5.41. The van der Waals surface area contributed by atoms with Crippen molar-refractivity contribution in [2.45, 2.75) is 12.8 Å². The molecule has 1 aromatic carbocycles. The van der Waals surface area contributed by atoms with Crippen LogP contribution in [0.3, 0.4) is 0 Å². The zero-order chi connectivity index (χ0) is 14.8. The Morgan fingerprint density at radius 1 is 1.38 bits per heavy atom. The molecule has 5 nitrogen and oxygen atoms in total. The maximum atomic E-state index is 11.2. The van der Waals surface area contributed by atoms with Crippen LogP contribution >= 0.6 is 0 Å². The highest BCUT2D eigenvalue weighted by Crippen LogP contribution is 2.32. The Kier molecular flexibility index (Phi) is 3.64. The van der Waals surface area contributed by atoms with E-state index in [1.807, 2.05) is 31.4 Å². The molecule has 5 heteroatoms. The summed E-state index contributed by atoms with van der Waals surface area (Å²) in [7, 11) is 1.88. The van der Waals surface area contributed by atoms with Crippen molar-refractivity contribution < 1.29 is 9.90 Å². The molecule has 1 atom stereocenters. The quantitative estimate of drug-likeness (QED) is 0.907. The van der Waals surface area contributed by atoms with Crippen molar-refractivity contribution in [3.05, 3.63) is 30.5 Å². The first kappa shape index (κ1) is 13.7. The van der Waals surface area contributed by atoms with Gasteiger partial charge in [0.2, 0.25) is 0 Å².